The van der Waals surface area contributed by atoms with Gasteiger partial charge in [0, 0.05) is 25.2 Å². The number of nitrogen functional groups attached to an aromatic ring is 1. The molecule has 0 aromatic heterocycles. The summed E-state index contributed by atoms with van der Waals surface area (Å²) in [4.78, 5) is 17.1. The summed E-state index contributed by atoms with van der Waals surface area (Å²) in [5, 5.41) is 0. The second-order valence-electron chi connectivity index (χ2n) is 6.15. The number of amides is 1. The number of carbonyl (C=O) groups is 1. The molecule has 2 heterocycles. The number of halogens is 1. The Morgan fingerprint density at radius 1 is 1.33 bits per heavy atom. The summed E-state index contributed by atoms with van der Waals surface area (Å²) in [5.41, 5.74) is 5.98. The zero-order valence-corrected chi connectivity index (χ0v) is 12.4. The summed E-state index contributed by atoms with van der Waals surface area (Å²) in [7, 11) is 0. The van der Waals surface area contributed by atoms with Gasteiger partial charge in [0.2, 0.25) is 0 Å². The molecule has 1 aromatic carbocycles. The summed E-state index contributed by atoms with van der Waals surface area (Å²) >= 11 is 0. The number of hydrogen-bond acceptors (Lipinski definition) is 3. The maximum atomic E-state index is 13.6. The van der Waals surface area contributed by atoms with Crippen LogP contribution in [0.15, 0.2) is 18.2 Å². The average molecular weight is 291 g/mol. The third kappa shape index (κ3) is 2.62. The van der Waals surface area contributed by atoms with Crippen molar-refractivity contribution in [3.8, 4) is 0 Å². The van der Waals surface area contributed by atoms with Crippen LogP contribution in [0.4, 0.5) is 10.1 Å². The lowest BCUT2D eigenvalue weighted by Gasteiger charge is -2.47. The van der Waals surface area contributed by atoms with Crippen molar-refractivity contribution in [3.63, 3.8) is 0 Å². The molecule has 1 aromatic rings. The molecule has 2 aliphatic rings. The lowest BCUT2D eigenvalue weighted by atomic mass is 9.96. The number of piperazine rings is 1. The number of benzene rings is 1. The molecule has 2 N–H and O–H groups in total. The molecule has 0 bridgehead atoms. The fraction of sp³-hybridized carbons (Fsp3) is 0.562. The number of anilines is 1. The summed E-state index contributed by atoms with van der Waals surface area (Å²) in [6, 6.07) is 5.01. The predicted octanol–water partition coefficient (Wildman–Crippen LogP) is 2.11. The standard InChI is InChI=1S/C16H22FN3O/c1-11-9-19-8-3-2-5-12(19)10-20(11)16(21)13-6-4-7-14(17)15(13)18/h4,6-7,11-12H,2-3,5,8-10,18H2,1H3. The molecule has 21 heavy (non-hydrogen) atoms. The number of para-hydroxylation sites is 1. The quantitative estimate of drug-likeness (QED) is 0.806. The molecule has 4 nitrogen and oxygen atoms in total. The number of rotatable bonds is 1. The Balaban J connectivity index is 1.82. The van der Waals surface area contributed by atoms with Gasteiger partial charge in [-0.25, -0.2) is 4.39 Å². The summed E-state index contributed by atoms with van der Waals surface area (Å²) in [5.74, 6) is -0.672. The van der Waals surface area contributed by atoms with Gasteiger partial charge in [0.1, 0.15) is 5.82 Å². The van der Waals surface area contributed by atoms with E-state index in [-0.39, 0.29) is 23.2 Å². The summed E-state index contributed by atoms with van der Waals surface area (Å²) < 4.78 is 13.6. The van der Waals surface area contributed by atoms with Crippen LogP contribution in [0.3, 0.4) is 0 Å². The Morgan fingerprint density at radius 2 is 2.14 bits per heavy atom. The molecule has 2 atom stereocenters. The molecule has 0 spiro atoms. The first-order valence-corrected chi connectivity index (χ1v) is 7.67. The van der Waals surface area contributed by atoms with E-state index in [4.69, 9.17) is 5.73 Å². The molecule has 2 unspecified atom stereocenters. The maximum absolute atomic E-state index is 13.6. The van der Waals surface area contributed by atoms with Crippen molar-refractivity contribution in [2.45, 2.75) is 38.3 Å². The van der Waals surface area contributed by atoms with Gasteiger partial charge < -0.3 is 10.6 Å². The molecule has 3 rings (SSSR count). The highest BCUT2D eigenvalue weighted by atomic mass is 19.1. The van der Waals surface area contributed by atoms with E-state index in [9.17, 15) is 9.18 Å². The minimum Gasteiger partial charge on any atom is -0.396 e. The normalized spacial score (nSPS) is 26.5. The molecule has 2 fully saturated rings. The van der Waals surface area contributed by atoms with Gasteiger partial charge in [0.15, 0.2) is 0 Å². The molecular formula is C16H22FN3O. The fourth-order valence-electron chi connectivity index (χ4n) is 3.51. The van der Waals surface area contributed by atoms with Crippen LogP contribution in [0.25, 0.3) is 0 Å². The molecule has 114 valence electrons. The van der Waals surface area contributed by atoms with Crippen LogP contribution in [0.2, 0.25) is 0 Å². The van der Waals surface area contributed by atoms with Gasteiger partial charge in [-0.2, -0.15) is 0 Å². The summed E-state index contributed by atoms with van der Waals surface area (Å²) in [6.07, 6.45) is 3.60. The second-order valence-corrected chi connectivity index (χ2v) is 6.15. The highest BCUT2D eigenvalue weighted by Crippen LogP contribution is 2.26. The van der Waals surface area contributed by atoms with Crippen LogP contribution >= 0.6 is 0 Å². The molecule has 0 aliphatic carbocycles. The number of piperidine rings is 1. The van der Waals surface area contributed by atoms with Crippen molar-refractivity contribution < 1.29 is 9.18 Å². The highest BCUT2D eigenvalue weighted by Gasteiger charge is 2.36. The van der Waals surface area contributed by atoms with Crippen LogP contribution in [0.5, 0.6) is 0 Å². The first-order valence-electron chi connectivity index (χ1n) is 7.67. The molecule has 2 saturated heterocycles. The van der Waals surface area contributed by atoms with Gasteiger partial charge in [0.05, 0.1) is 11.3 Å². The van der Waals surface area contributed by atoms with Crippen LogP contribution in [-0.2, 0) is 0 Å². The third-order valence-corrected chi connectivity index (χ3v) is 4.73. The lowest BCUT2D eigenvalue weighted by molar-refractivity contribution is 0.0152. The van der Waals surface area contributed by atoms with E-state index in [1.165, 1.54) is 18.9 Å². The minimum absolute atomic E-state index is 0.0410. The Morgan fingerprint density at radius 3 is 2.95 bits per heavy atom. The monoisotopic (exact) mass is 291 g/mol. The van der Waals surface area contributed by atoms with Gasteiger partial charge >= 0.3 is 0 Å². The van der Waals surface area contributed by atoms with Crippen LogP contribution in [0.1, 0.15) is 36.5 Å². The van der Waals surface area contributed by atoms with E-state index >= 15 is 0 Å². The van der Waals surface area contributed by atoms with Gasteiger partial charge in [0.25, 0.3) is 5.91 Å². The Labute approximate surface area is 124 Å². The number of nitrogens with two attached hydrogens (primary N) is 1. The van der Waals surface area contributed by atoms with Gasteiger partial charge in [-0.05, 0) is 38.4 Å². The number of fused-ring (bicyclic) bond motifs is 1. The van der Waals surface area contributed by atoms with Gasteiger partial charge in [-0.1, -0.05) is 12.5 Å². The smallest absolute Gasteiger partial charge is 0.256 e. The Kier molecular flexibility index (Phi) is 3.85. The van der Waals surface area contributed by atoms with Crippen molar-refractivity contribution in [1.82, 2.24) is 9.80 Å². The molecule has 1 amide bonds. The first kappa shape index (κ1) is 14.3. The predicted molar refractivity (Wildman–Crippen MR) is 80.5 cm³/mol. The average Bonchev–Trinajstić information content (AvgIpc) is 2.48. The molecule has 0 radical (unpaired) electrons. The van der Waals surface area contributed by atoms with Gasteiger partial charge in [-0.15, -0.1) is 0 Å². The lowest BCUT2D eigenvalue weighted by Crippen LogP contribution is -2.60. The number of hydrogen-bond donors (Lipinski definition) is 1. The highest BCUT2D eigenvalue weighted by molar-refractivity contribution is 5.99. The van der Waals surface area contributed by atoms with E-state index in [0.29, 0.717) is 6.04 Å². The van der Waals surface area contributed by atoms with E-state index in [1.54, 1.807) is 12.1 Å². The van der Waals surface area contributed by atoms with Crippen molar-refractivity contribution >= 4 is 11.6 Å². The number of carbonyl (C=O) groups excluding carboxylic acids is 1. The zero-order valence-electron chi connectivity index (χ0n) is 12.4. The van der Waals surface area contributed by atoms with E-state index in [2.05, 4.69) is 11.8 Å². The second kappa shape index (κ2) is 5.64. The number of nitrogens with zero attached hydrogens (tertiary/aromatic N) is 2. The van der Waals surface area contributed by atoms with Crippen molar-refractivity contribution in [1.29, 1.82) is 0 Å². The van der Waals surface area contributed by atoms with Crippen molar-refractivity contribution in [2.75, 3.05) is 25.4 Å². The maximum Gasteiger partial charge on any atom is 0.256 e. The molecule has 0 saturated carbocycles. The zero-order chi connectivity index (χ0) is 15.0. The Hall–Kier alpha value is -1.62. The van der Waals surface area contributed by atoms with Gasteiger partial charge in [-0.3, -0.25) is 9.69 Å². The summed E-state index contributed by atoms with van der Waals surface area (Å²) in [6.45, 7) is 4.79. The largest absolute Gasteiger partial charge is 0.396 e. The fourth-order valence-corrected chi connectivity index (χ4v) is 3.51. The first-order chi connectivity index (χ1) is 10.1. The van der Waals surface area contributed by atoms with Crippen molar-refractivity contribution in [2.24, 2.45) is 0 Å². The van der Waals surface area contributed by atoms with E-state index in [0.717, 1.165) is 26.1 Å². The SMILES string of the molecule is CC1CN2CCCCC2CN1C(=O)c1cccc(F)c1N. The molecule has 2 aliphatic heterocycles. The minimum atomic E-state index is -0.523. The Bertz CT molecular complexity index is 548. The van der Waals surface area contributed by atoms with Crippen molar-refractivity contribution in [3.05, 3.63) is 29.6 Å². The molecular weight excluding hydrogens is 269 g/mol. The van der Waals surface area contributed by atoms with E-state index in [1.807, 2.05) is 4.90 Å². The topological polar surface area (TPSA) is 49.6 Å². The van der Waals surface area contributed by atoms with Crippen LogP contribution in [0, 0.1) is 5.82 Å². The van der Waals surface area contributed by atoms with E-state index < -0.39 is 5.82 Å². The van der Waals surface area contributed by atoms with Crippen LogP contribution < -0.4 is 5.73 Å². The van der Waals surface area contributed by atoms with Crippen LogP contribution in [-0.4, -0.2) is 47.4 Å². The third-order valence-electron chi connectivity index (χ3n) is 4.73. The molecule has 5 heteroatoms.